The molecule has 0 atom stereocenters. The number of hydrogen-bond acceptors (Lipinski definition) is 6. The first-order valence-corrected chi connectivity index (χ1v) is 17.0. The number of fused-ring (bicyclic) bond motifs is 2. The summed E-state index contributed by atoms with van der Waals surface area (Å²) in [6.45, 7) is 4.47. The number of aliphatic carboxylic acids is 1. The Labute approximate surface area is 279 Å². The van der Waals surface area contributed by atoms with Crippen LogP contribution in [0.4, 0.5) is 11.4 Å². The topological polar surface area (TPSA) is 110 Å². The number of phenolic OH excluding ortho intramolecular Hbond substituents is 1. The maximum Gasteiger partial charge on any atom is 0.303 e. The summed E-state index contributed by atoms with van der Waals surface area (Å²) >= 11 is 0. The van der Waals surface area contributed by atoms with Gasteiger partial charge in [-0.3, -0.25) is 4.79 Å². The number of piperidine rings is 2. The maximum atomic E-state index is 11.9. The molecule has 0 unspecified atom stereocenters. The highest BCUT2D eigenvalue weighted by Crippen LogP contribution is 2.41. The van der Waals surface area contributed by atoms with Gasteiger partial charge in [-0.15, -0.1) is 4.91 Å². The summed E-state index contributed by atoms with van der Waals surface area (Å²) in [7, 11) is 0. The number of carbonyl (C=O) groups is 1. The van der Waals surface area contributed by atoms with Gasteiger partial charge in [0.1, 0.15) is 30.2 Å². The zero-order chi connectivity index (χ0) is 33.0. The average molecular weight is 646 g/mol. The summed E-state index contributed by atoms with van der Waals surface area (Å²) in [6, 6.07) is 26.1. The number of anilines is 2. The van der Waals surface area contributed by atoms with Crippen LogP contribution in [0, 0.1) is 4.91 Å². The van der Waals surface area contributed by atoms with E-state index >= 15 is 0 Å². The zero-order valence-corrected chi connectivity index (χ0v) is 27.1. The van der Waals surface area contributed by atoms with Gasteiger partial charge in [-0.2, -0.15) is 0 Å². The standard InChI is InChI=1S/C39H40N4O5/c44-35-17-14-32(23-29(35)11-18-38(45)46)43(40-47)26-27-7-9-28(10-8-27)39-33-15-12-30(41-19-3-1-4-20-41)24-36(33)48-37-25-31(13-16-34(37)39)42-21-5-2-6-22-42/h7-10,12-17,23-25H,1-6,11,18-22,26H2,(H-,44,45,46)/p+1. The molecule has 246 valence electrons. The third kappa shape index (κ3) is 6.63. The SMILES string of the molecule is O=NN(Cc1ccc(-c2c3ccc(=[N+]4CCCCC4)cc-3oc3cc(N4CCCCC4)ccc23)cc1)c1ccc(O)c(CCC(=O)O)c1. The summed E-state index contributed by atoms with van der Waals surface area (Å²) in [5.41, 5.74) is 7.10. The Kier molecular flexibility index (Phi) is 9.09. The van der Waals surface area contributed by atoms with E-state index in [0.29, 0.717) is 11.3 Å². The molecule has 48 heavy (non-hydrogen) atoms. The normalized spacial score (nSPS) is 15.2. The molecule has 0 spiro atoms. The van der Waals surface area contributed by atoms with Crippen molar-refractivity contribution in [2.24, 2.45) is 5.29 Å². The Morgan fingerprint density at radius 3 is 2.40 bits per heavy atom. The third-order valence-corrected chi connectivity index (χ3v) is 9.77. The van der Waals surface area contributed by atoms with Gasteiger partial charge >= 0.3 is 5.97 Å². The molecular weight excluding hydrogens is 604 g/mol. The second-order valence-corrected chi connectivity index (χ2v) is 13.0. The summed E-state index contributed by atoms with van der Waals surface area (Å²) in [5.74, 6) is -0.0964. The fraction of sp³-hybridized carbons (Fsp3) is 0.333. The van der Waals surface area contributed by atoms with E-state index in [2.05, 4.69) is 63.3 Å². The fourth-order valence-electron chi connectivity index (χ4n) is 7.17. The van der Waals surface area contributed by atoms with Crippen LogP contribution in [0.1, 0.15) is 56.1 Å². The van der Waals surface area contributed by atoms with Gasteiger partial charge in [0, 0.05) is 66.7 Å². The number of carboxylic acid groups (broad SMARTS) is 1. The molecule has 9 heteroatoms. The van der Waals surface area contributed by atoms with Gasteiger partial charge < -0.3 is 19.5 Å². The molecule has 0 aromatic heterocycles. The highest BCUT2D eigenvalue weighted by Gasteiger charge is 2.21. The van der Waals surface area contributed by atoms with Crippen LogP contribution in [0.15, 0.2) is 88.6 Å². The van der Waals surface area contributed by atoms with Crippen molar-refractivity contribution >= 4 is 28.3 Å². The summed E-state index contributed by atoms with van der Waals surface area (Å²) in [4.78, 5) is 25.5. The van der Waals surface area contributed by atoms with E-state index in [1.54, 1.807) is 12.1 Å². The van der Waals surface area contributed by atoms with Crippen LogP contribution < -0.4 is 19.8 Å². The van der Waals surface area contributed by atoms with Gasteiger partial charge in [0.2, 0.25) is 5.36 Å². The average Bonchev–Trinajstić information content (AvgIpc) is 3.13. The molecule has 9 nitrogen and oxygen atoms in total. The summed E-state index contributed by atoms with van der Waals surface area (Å²) in [5, 5.41) is 26.1. The van der Waals surface area contributed by atoms with Gasteiger partial charge in [-0.1, -0.05) is 24.3 Å². The first kappa shape index (κ1) is 31.4. The largest absolute Gasteiger partial charge is 0.508 e. The maximum absolute atomic E-state index is 11.9. The summed E-state index contributed by atoms with van der Waals surface area (Å²) in [6.07, 6.45) is 7.42. The van der Waals surface area contributed by atoms with Crippen molar-refractivity contribution in [2.45, 2.75) is 57.9 Å². The monoisotopic (exact) mass is 645 g/mol. The Bertz CT molecular complexity index is 1990. The number of nitrogens with zero attached hydrogens (tertiary/aromatic N) is 4. The molecule has 3 aromatic rings. The highest BCUT2D eigenvalue weighted by molar-refractivity contribution is 6.02. The van der Waals surface area contributed by atoms with Gasteiger partial charge in [-0.25, -0.2) is 9.58 Å². The van der Waals surface area contributed by atoms with E-state index in [1.807, 2.05) is 12.1 Å². The summed E-state index contributed by atoms with van der Waals surface area (Å²) < 4.78 is 9.16. The Morgan fingerprint density at radius 1 is 0.875 bits per heavy atom. The first-order valence-electron chi connectivity index (χ1n) is 17.0. The van der Waals surface area contributed by atoms with E-state index in [1.165, 1.54) is 60.6 Å². The molecule has 0 radical (unpaired) electrons. The van der Waals surface area contributed by atoms with Crippen LogP contribution in [0.3, 0.4) is 0 Å². The number of benzene rings is 4. The third-order valence-electron chi connectivity index (χ3n) is 9.77. The second-order valence-electron chi connectivity index (χ2n) is 13.0. The Morgan fingerprint density at radius 2 is 1.65 bits per heavy atom. The van der Waals surface area contributed by atoms with Crippen molar-refractivity contribution in [3.63, 3.8) is 0 Å². The van der Waals surface area contributed by atoms with Crippen LogP contribution in [-0.2, 0) is 17.8 Å². The predicted molar refractivity (Wildman–Crippen MR) is 189 cm³/mol. The number of nitroso groups, excluding NO2 is 1. The van der Waals surface area contributed by atoms with Crippen molar-refractivity contribution < 1.29 is 19.4 Å². The minimum atomic E-state index is -0.956. The lowest BCUT2D eigenvalue weighted by molar-refractivity contribution is -0.136. The molecule has 7 rings (SSSR count). The van der Waals surface area contributed by atoms with Crippen LogP contribution in [0.2, 0.25) is 0 Å². The molecule has 3 aromatic carbocycles. The minimum absolute atomic E-state index is 0.00431. The van der Waals surface area contributed by atoms with E-state index in [-0.39, 0.29) is 25.1 Å². The first-order chi connectivity index (χ1) is 23.5. The minimum Gasteiger partial charge on any atom is -0.508 e. The Balaban J connectivity index is 1.25. The molecule has 3 heterocycles. The van der Waals surface area contributed by atoms with Crippen molar-refractivity contribution in [1.82, 2.24) is 4.58 Å². The molecule has 2 saturated heterocycles. The molecule has 2 fully saturated rings. The number of aromatic hydroxyl groups is 1. The fourth-order valence-corrected chi connectivity index (χ4v) is 7.17. The number of aryl methyl sites for hydroxylation is 1. The predicted octanol–water partition coefficient (Wildman–Crippen LogP) is 7.56. The molecule has 3 aliphatic heterocycles. The number of phenols is 1. The molecular formula is C39H41N4O5+. The van der Waals surface area contributed by atoms with Crippen LogP contribution >= 0.6 is 0 Å². The lowest BCUT2D eigenvalue weighted by Crippen LogP contribution is -2.34. The van der Waals surface area contributed by atoms with Gasteiger partial charge in [0.15, 0.2) is 0 Å². The van der Waals surface area contributed by atoms with Gasteiger partial charge in [-0.05, 0) is 85.2 Å². The zero-order valence-electron chi connectivity index (χ0n) is 27.1. The van der Waals surface area contributed by atoms with E-state index in [4.69, 9.17) is 9.52 Å². The van der Waals surface area contributed by atoms with E-state index < -0.39 is 5.97 Å². The Hall–Kier alpha value is -5.18. The van der Waals surface area contributed by atoms with Gasteiger partial charge in [0.05, 0.1) is 23.6 Å². The van der Waals surface area contributed by atoms with Crippen LogP contribution in [0.25, 0.3) is 33.4 Å². The molecule has 0 saturated carbocycles. The molecule has 0 amide bonds. The quantitative estimate of drug-likeness (QED) is 0.0737. The molecule has 0 bridgehead atoms. The lowest BCUT2D eigenvalue weighted by atomic mass is 9.93. The van der Waals surface area contributed by atoms with Crippen molar-refractivity contribution in [1.29, 1.82) is 0 Å². The lowest BCUT2D eigenvalue weighted by Gasteiger charge is -2.29. The van der Waals surface area contributed by atoms with Crippen LogP contribution in [0.5, 0.6) is 5.75 Å². The second kappa shape index (κ2) is 13.9. The van der Waals surface area contributed by atoms with E-state index in [0.717, 1.165) is 65.2 Å². The van der Waals surface area contributed by atoms with E-state index in [9.17, 15) is 14.8 Å². The van der Waals surface area contributed by atoms with Gasteiger partial charge in [0.25, 0.3) is 0 Å². The number of hydrogen-bond donors (Lipinski definition) is 2. The van der Waals surface area contributed by atoms with Crippen molar-refractivity contribution in [3.8, 4) is 28.2 Å². The highest BCUT2D eigenvalue weighted by atomic mass is 16.4. The van der Waals surface area contributed by atoms with Crippen molar-refractivity contribution in [3.05, 3.63) is 100 Å². The number of carboxylic acids is 1. The molecule has 1 aliphatic carbocycles. The number of rotatable bonds is 9. The molecule has 2 N–H and O–H groups in total. The van der Waals surface area contributed by atoms with Crippen molar-refractivity contribution in [2.75, 3.05) is 36.1 Å². The van der Waals surface area contributed by atoms with Crippen LogP contribution in [-0.4, -0.2) is 42.4 Å². The molecule has 4 aliphatic rings. The smallest absolute Gasteiger partial charge is 0.303 e.